The lowest BCUT2D eigenvalue weighted by atomic mass is 10.0. The minimum Gasteiger partial charge on any atom is -0.477 e. The minimum absolute atomic E-state index is 0. The number of aryl methyl sites for hydroxylation is 5. The number of aromatic nitrogens is 6. The first kappa shape index (κ1) is 98.2. The number of nitrogens with zero attached hydrogens (tertiary/aromatic N) is 4. The van der Waals surface area contributed by atoms with Crippen LogP contribution in [0.3, 0.4) is 0 Å². The van der Waals surface area contributed by atoms with Crippen LogP contribution in [0.5, 0.6) is 0 Å². The predicted molar refractivity (Wildman–Crippen MR) is 508 cm³/mol. The zero-order valence-corrected chi connectivity index (χ0v) is 69.2. The third kappa shape index (κ3) is 26.2. The van der Waals surface area contributed by atoms with Gasteiger partial charge in [-0.15, -0.1) is 0 Å². The van der Waals surface area contributed by atoms with Gasteiger partial charge in [-0.3, -0.25) is 24.1 Å². The molecule has 0 aliphatic heterocycles. The van der Waals surface area contributed by atoms with Gasteiger partial charge in [-0.1, -0.05) is 241 Å². The van der Waals surface area contributed by atoms with E-state index in [9.17, 15) is 38.7 Å². The lowest BCUT2D eigenvalue weighted by molar-refractivity contribution is 0.0517. The molecule has 15 aromatic rings. The van der Waals surface area contributed by atoms with Gasteiger partial charge in [0.25, 0.3) is 5.91 Å². The second-order valence-electron chi connectivity index (χ2n) is 27.1. The van der Waals surface area contributed by atoms with Crippen LogP contribution in [0.15, 0.2) is 251 Å². The van der Waals surface area contributed by atoms with Crippen molar-refractivity contribution in [2.75, 3.05) is 13.7 Å². The number of aromatic carboxylic acids is 2. The number of ether oxygens (including phenoxy) is 2. The summed E-state index contributed by atoms with van der Waals surface area (Å²) in [5.74, 6) is -3.56. The molecule has 1 amide bonds. The Morgan fingerprint density at radius 3 is 1.19 bits per heavy atom. The van der Waals surface area contributed by atoms with E-state index in [4.69, 9.17) is 49.4 Å². The summed E-state index contributed by atoms with van der Waals surface area (Å²) in [5.41, 5.74) is 16.7. The number of amides is 1. The number of halogens is 5. The maximum absolute atomic E-state index is 12.7. The number of hydrogen-bond acceptors (Lipinski definition) is 13. The normalized spacial score (nSPS) is 10.6. The second-order valence-corrected chi connectivity index (χ2v) is 29.1. The molecule has 0 unspecified atom stereocenters. The number of carboxylic acid groups (broad SMARTS) is 2. The van der Waals surface area contributed by atoms with E-state index in [-0.39, 0.29) is 86.3 Å². The molecule has 0 radical (unpaired) electrons. The van der Waals surface area contributed by atoms with Crippen LogP contribution in [0.4, 0.5) is 4.70 Å². The van der Waals surface area contributed by atoms with Gasteiger partial charge in [0.15, 0.2) is 16.6 Å². The van der Waals surface area contributed by atoms with Crippen LogP contribution in [0, 0.1) is 34.6 Å². The van der Waals surface area contributed by atoms with Crippen molar-refractivity contribution in [3.05, 3.63) is 383 Å². The molecular weight excluding hydrogens is 1680 g/mol. The van der Waals surface area contributed by atoms with Crippen molar-refractivity contribution >= 4 is 184 Å². The van der Waals surface area contributed by atoms with Crippen molar-refractivity contribution in [3.8, 4) is 0 Å². The number of hydrogen-bond donors (Lipinski definition) is 5. The molecule has 0 bridgehead atoms. The van der Waals surface area contributed by atoms with E-state index >= 15 is 0 Å². The summed E-state index contributed by atoms with van der Waals surface area (Å²) in [5, 5.41) is 26.0. The molecule has 9 aromatic carbocycles. The lowest BCUT2D eigenvalue weighted by Gasteiger charge is -2.10. The molecule has 6 aromatic heterocycles. The molecule has 0 saturated heterocycles. The number of pyridine rings is 6. The van der Waals surface area contributed by atoms with E-state index in [1.807, 2.05) is 271 Å². The van der Waals surface area contributed by atoms with Gasteiger partial charge >= 0.3 is 23.9 Å². The maximum Gasteiger partial charge on any atom is 0.356 e. The van der Waals surface area contributed by atoms with Gasteiger partial charge in [0, 0.05) is 66.4 Å². The molecule has 6 heterocycles. The zero-order chi connectivity index (χ0) is 84.1. The van der Waals surface area contributed by atoms with Crippen molar-refractivity contribution in [2.24, 2.45) is 0 Å². The largest absolute Gasteiger partial charge is 0.477 e. The SMILES string of the molecule is C.C.C.C.CCOC(=O)c1cc(=O)c2cc(C)cc(Br)c2[nH]1.COC(=O)c1cc(Cl)c2cc(C)cc(/C=C/c3ccccc3)c2n1.Cc1cc(/C=C/c2ccccc2)c2[nH]c(C(=O)O)cc(=O)c2c1.Cc1cc(/C=C/c2ccccc2)c2nc(C(=O)NCc3ccccn3)cc(Cl)c2c1.Cc1cc(/C=C/c2ccccc2)c2nc(C(=O)O)cc(Cl)c2c1.F. The summed E-state index contributed by atoms with van der Waals surface area (Å²) in [6.45, 7) is 12.1. The number of nitrogens with one attached hydrogen (secondary N) is 3. The van der Waals surface area contributed by atoms with Crippen molar-refractivity contribution in [1.82, 2.24) is 35.2 Å². The summed E-state index contributed by atoms with van der Waals surface area (Å²) in [6.07, 6.45) is 17.4. The third-order valence-electron chi connectivity index (χ3n) is 18.0. The molecule has 0 fully saturated rings. The van der Waals surface area contributed by atoms with E-state index in [2.05, 4.69) is 51.2 Å². The highest BCUT2D eigenvalue weighted by atomic mass is 79.9. The van der Waals surface area contributed by atoms with Crippen molar-refractivity contribution in [2.45, 2.75) is 77.8 Å². The Hall–Kier alpha value is -13.6. The highest BCUT2D eigenvalue weighted by Crippen LogP contribution is 2.33. The Balaban J connectivity index is 0.000000237. The fourth-order valence-corrected chi connectivity index (χ4v) is 13.9. The van der Waals surface area contributed by atoms with Crippen LogP contribution in [-0.4, -0.2) is 83.6 Å². The van der Waals surface area contributed by atoms with Gasteiger partial charge < -0.3 is 35.0 Å². The number of carbonyl (C=O) groups is 5. The Morgan fingerprint density at radius 1 is 0.423 bits per heavy atom. The zero-order valence-electron chi connectivity index (χ0n) is 65.3. The van der Waals surface area contributed by atoms with Crippen LogP contribution in [0.25, 0.3) is 103 Å². The number of benzene rings is 9. The second kappa shape index (κ2) is 46.2. The number of aromatic amines is 2. The van der Waals surface area contributed by atoms with E-state index < -0.39 is 23.9 Å². The molecule has 0 aliphatic carbocycles. The fraction of sp³-hybridized carbons (Fsp3) is 0.130. The Labute approximate surface area is 736 Å². The minimum atomic E-state index is -1.15. The van der Waals surface area contributed by atoms with Gasteiger partial charge in [-0.05, 0) is 204 Å². The predicted octanol–water partition coefficient (Wildman–Crippen LogP) is 25.1. The van der Waals surface area contributed by atoms with E-state index in [0.29, 0.717) is 60.0 Å². The highest BCUT2D eigenvalue weighted by Gasteiger charge is 2.19. The van der Waals surface area contributed by atoms with Crippen LogP contribution >= 0.6 is 50.7 Å². The first-order chi connectivity index (χ1) is 56.8. The van der Waals surface area contributed by atoms with Gasteiger partial charge in [0.05, 0.1) is 68.6 Å². The fourth-order valence-electron chi connectivity index (χ4n) is 12.5. The lowest BCUT2D eigenvalue weighted by Crippen LogP contribution is -2.24. The topological polar surface area (TPSA) is 274 Å². The Kier molecular flexibility index (Phi) is 36.9. The van der Waals surface area contributed by atoms with E-state index in [0.717, 1.165) is 105 Å². The van der Waals surface area contributed by atoms with Gasteiger partial charge in [0.1, 0.15) is 22.8 Å². The maximum atomic E-state index is 12.7. The van der Waals surface area contributed by atoms with Crippen molar-refractivity contribution < 1.29 is 48.4 Å². The smallest absolute Gasteiger partial charge is 0.356 e. The molecule has 23 heteroatoms. The number of carbonyl (C=O) groups excluding carboxylic acids is 3. The number of H-pyrrole nitrogens is 2. The summed E-state index contributed by atoms with van der Waals surface area (Å²) >= 11 is 22.5. The number of esters is 2. The standard InChI is InChI=1S/C25H20ClN3O.C20H16ClNO2.C19H14ClNO2.C19H15NO3.C13H12BrNO3.4CH4.FH/c1-17-13-19(11-10-18-7-3-2-4-8-18)24-21(14-17)22(26)15-23(29-24)25(30)28-16-20-9-5-6-12-27-20;1-13-10-15(9-8-14-6-4-3-5-7-14)19-16(11-13)17(21)12-18(22-19)20(23)24-2;1-12-9-14(8-7-13-5-3-2-4-6-13)18-15(10-12)16(20)11-17(21-18)19(22)23;1-12-9-14(8-7-13-5-3-2-4-6-13)18-15(10-12)17(21)11-16(20-18)19(22)23;1-3-18-13(17)10-6-11(16)8-4-7(2)5-9(14)12(8)15-10;;;;;/h2-15H,16H2,1H3,(H,28,30);3-12H,1-2H3;2-11H,1H3,(H,22,23);2-11H,1H3,(H,20,21)(H,22,23);4-6H,3H2,1-2H3,(H,15,16);4*1H4;1H/b11-10+;9-8+;2*8-7+;;;;;;. The quantitative estimate of drug-likeness (QED) is 0.0444. The molecule has 18 nitrogen and oxygen atoms in total. The number of fused-ring (bicyclic) bond motifs is 5. The molecule has 0 saturated carbocycles. The number of carboxylic acids is 2. The molecule has 630 valence electrons. The first-order valence-electron chi connectivity index (χ1n) is 37.0. The van der Waals surface area contributed by atoms with Crippen LogP contribution in [0.1, 0.15) is 167 Å². The monoisotopic (exact) mass is 1770 g/mol. The van der Waals surface area contributed by atoms with Crippen LogP contribution in [-0.2, 0) is 16.0 Å². The average Bonchev–Trinajstić information content (AvgIpc) is 0.808. The average molecular weight is 1780 g/mol. The van der Waals surface area contributed by atoms with E-state index in [1.165, 1.54) is 19.2 Å². The van der Waals surface area contributed by atoms with Gasteiger partial charge in [-0.2, -0.15) is 0 Å². The van der Waals surface area contributed by atoms with Crippen LogP contribution in [0.2, 0.25) is 15.1 Å². The van der Waals surface area contributed by atoms with Crippen molar-refractivity contribution in [1.29, 1.82) is 0 Å². The number of rotatable bonds is 16. The molecule has 0 aliphatic rings. The Bertz CT molecular complexity index is 6550. The van der Waals surface area contributed by atoms with Crippen LogP contribution < -0.4 is 16.2 Å². The number of methoxy groups -OCH3 is 1. The molecule has 0 spiro atoms. The molecule has 123 heavy (non-hydrogen) atoms. The van der Waals surface area contributed by atoms with Crippen molar-refractivity contribution in [3.63, 3.8) is 0 Å². The summed E-state index contributed by atoms with van der Waals surface area (Å²) in [4.78, 5) is 106. The first-order valence-corrected chi connectivity index (χ1v) is 38.9. The van der Waals surface area contributed by atoms with Gasteiger partial charge in [0.2, 0.25) is 0 Å². The molecular formula is C100H94BrCl3FN7O11. The Morgan fingerprint density at radius 2 is 0.780 bits per heavy atom. The summed E-state index contributed by atoms with van der Waals surface area (Å²) in [6, 6.07) is 71.4. The van der Waals surface area contributed by atoms with Gasteiger partial charge in [-0.25, -0.2) is 34.1 Å². The third-order valence-corrected chi connectivity index (χ3v) is 19.6. The molecule has 5 N–H and O–H groups in total. The summed E-state index contributed by atoms with van der Waals surface area (Å²) in [7, 11) is 1.33. The molecule has 15 rings (SSSR count). The highest BCUT2D eigenvalue weighted by molar-refractivity contribution is 9.10. The van der Waals surface area contributed by atoms with E-state index in [1.54, 1.807) is 37.4 Å². The summed E-state index contributed by atoms with van der Waals surface area (Å²) < 4.78 is 10.4. The molecule has 0 atom stereocenters.